The number of sulfonamides is 1. The number of aryl methyl sites for hydroxylation is 1. The Morgan fingerprint density at radius 1 is 1.06 bits per heavy atom. The predicted molar refractivity (Wildman–Crippen MR) is 115 cm³/mol. The van der Waals surface area contributed by atoms with E-state index < -0.39 is 10.0 Å². The third-order valence-electron chi connectivity index (χ3n) is 5.51. The molecule has 1 aliphatic rings. The molecule has 1 aliphatic heterocycles. The van der Waals surface area contributed by atoms with Crippen LogP contribution < -0.4 is 9.47 Å². The van der Waals surface area contributed by atoms with E-state index in [0.717, 1.165) is 11.1 Å². The molecule has 31 heavy (non-hydrogen) atoms. The van der Waals surface area contributed by atoms with Crippen LogP contribution in [0.3, 0.4) is 0 Å². The average molecular weight is 444 g/mol. The number of aromatic nitrogens is 2. The zero-order valence-electron chi connectivity index (χ0n) is 17.7. The van der Waals surface area contributed by atoms with Gasteiger partial charge in [-0.25, -0.2) is 8.42 Å². The standard InChI is InChI=1S/C22H25N3O5S/c1-15-5-4-6-17(13-15)22-23-21(24-30-22)16-9-11-25(12-10-16)31(26,27)20-14-18(28-2)7-8-19(20)29-3/h4-8,13-14,16H,9-12H2,1-3H3. The van der Waals surface area contributed by atoms with E-state index >= 15 is 0 Å². The molecule has 0 N–H and O–H groups in total. The first-order valence-electron chi connectivity index (χ1n) is 10.0. The lowest BCUT2D eigenvalue weighted by molar-refractivity contribution is 0.305. The molecule has 0 spiro atoms. The van der Waals surface area contributed by atoms with Crippen LogP contribution in [0.5, 0.6) is 11.5 Å². The predicted octanol–water partition coefficient (Wildman–Crippen LogP) is 3.63. The van der Waals surface area contributed by atoms with E-state index in [2.05, 4.69) is 10.1 Å². The highest BCUT2D eigenvalue weighted by Gasteiger charge is 2.33. The van der Waals surface area contributed by atoms with Crippen LogP contribution in [0.1, 0.15) is 30.1 Å². The number of piperidine rings is 1. The Labute approximate surface area is 181 Å². The van der Waals surface area contributed by atoms with Gasteiger partial charge in [-0.2, -0.15) is 9.29 Å². The highest BCUT2D eigenvalue weighted by molar-refractivity contribution is 7.89. The largest absolute Gasteiger partial charge is 0.497 e. The van der Waals surface area contributed by atoms with Crippen molar-refractivity contribution in [2.75, 3.05) is 27.3 Å². The van der Waals surface area contributed by atoms with Crippen LogP contribution in [0.2, 0.25) is 0 Å². The topological polar surface area (TPSA) is 94.8 Å². The van der Waals surface area contributed by atoms with Crippen molar-refractivity contribution in [3.05, 3.63) is 53.9 Å². The van der Waals surface area contributed by atoms with E-state index in [0.29, 0.717) is 49.1 Å². The van der Waals surface area contributed by atoms with Crippen LogP contribution in [-0.2, 0) is 10.0 Å². The normalized spacial score (nSPS) is 15.7. The SMILES string of the molecule is COc1ccc(OC)c(S(=O)(=O)N2CCC(c3noc(-c4cccc(C)c4)n3)CC2)c1. The van der Waals surface area contributed by atoms with E-state index in [1.54, 1.807) is 12.1 Å². The number of ether oxygens (including phenoxy) is 2. The first-order chi connectivity index (χ1) is 14.9. The second kappa shape index (κ2) is 8.68. The van der Waals surface area contributed by atoms with Crippen molar-refractivity contribution in [2.45, 2.75) is 30.6 Å². The Hall–Kier alpha value is -2.91. The van der Waals surface area contributed by atoms with E-state index in [1.165, 1.54) is 24.6 Å². The maximum atomic E-state index is 13.2. The summed E-state index contributed by atoms with van der Waals surface area (Å²) in [4.78, 5) is 4.66. The Kier molecular flexibility index (Phi) is 5.97. The summed E-state index contributed by atoms with van der Waals surface area (Å²) in [6, 6.07) is 12.7. The monoisotopic (exact) mass is 443 g/mol. The lowest BCUT2D eigenvalue weighted by Gasteiger charge is -2.30. The Morgan fingerprint density at radius 2 is 1.84 bits per heavy atom. The minimum Gasteiger partial charge on any atom is -0.497 e. The summed E-state index contributed by atoms with van der Waals surface area (Å²) in [5.74, 6) is 1.90. The molecule has 0 unspecified atom stereocenters. The van der Waals surface area contributed by atoms with E-state index in [-0.39, 0.29) is 10.8 Å². The molecule has 1 saturated heterocycles. The van der Waals surface area contributed by atoms with Crippen molar-refractivity contribution in [2.24, 2.45) is 0 Å². The molecule has 0 saturated carbocycles. The van der Waals surface area contributed by atoms with Crippen LogP contribution in [-0.4, -0.2) is 50.2 Å². The van der Waals surface area contributed by atoms with Gasteiger partial charge in [0.1, 0.15) is 16.4 Å². The zero-order valence-corrected chi connectivity index (χ0v) is 18.6. The molecular formula is C22H25N3O5S. The summed E-state index contributed by atoms with van der Waals surface area (Å²) < 4.78 is 43.9. The van der Waals surface area contributed by atoms with Crippen molar-refractivity contribution >= 4 is 10.0 Å². The molecule has 9 heteroatoms. The number of nitrogens with zero attached hydrogens (tertiary/aromatic N) is 3. The van der Waals surface area contributed by atoms with Gasteiger partial charge in [0.25, 0.3) is 5.89 Å². The van der Waals surface area contributed by atoms with Gasteiger partial charge in [0.2, 0.25) is 10.0 Å². The van der Waals surface area contributed by atoms with E-state index in [9.17, 15) is 8.42 Å². The lowest BCUT2D eigenvalue weighted by atomic mass is 9.97. The van der Waals surface area contributed by atoms with Crippen molar-refractivity contribution in [1.82, 2.24) is 14.4 Å². The third kappa shape index (κ3) is 4.28. The fourth-order valence-corrected chi connectivity index (χ4v) is 5.42. The number of hydrogen-bond donors (Lipinski definition) is 0. The molecular weight excluding hydrogens is 418 g/mol. The molecule has 1 fully saturated rings. The molecule has 4 rings (SSSR count). The lowest BCUT2D eigenvalue weighted by Crippen LogP contribution is -2.38. The Morgan fingerprint density at radius 3 is 2.52 bits per heavy atom. The van der Waals surface area contributed by atoms with Gasteiger partial charge >= 0.3 is 0 Å². The summed E-state index contributed by atoms with van der Waals surface area (Å²) in [5, 5.41) is 4.15. The molecule has 8 nitrogen and oxygen atoms in total. The smallest absolute Gasteiger partial charge is 0.257 e. The zero-order chi connectivity index (χ0) is 22.0. The molecule has 0 amide bonds. The minimum atomic E-state index is -3.72. The maximum Gasteiger partial charge on any atom is 0.257 e. The molecule has 1 aromatic heterocycles. The fourth-order valence-electron chi connectivity index (χ4n) is 3.78. The van der Waals surface area contributed by atoms with Gasteiger partial charge in [-0.15, -0.1) is 0 Å². The van der Waals surface area contributed by atoms with Crippen LogP contribution in [0.15, 0.2) is 51.9 Å². The van der Waals surface area contributed by atoms with Gasteiger partial charge in [-0.05, 0) is 44.0 Å². The number of rotatable bonds is 6. The number of hydrogen-bond acceptors (Lipinski definition) is 7. The molecule has 0 radical (unpaired) electrons. The van der Waals surface area contributed by atoms with E-state index in [4.69, 9.17) is 14.0 Å². The summed E-state index contributed by atoms with van der Waals surface area (Å²) in [6.07, 6.45) is 1.22. The number of benzene rings is 2. The van der Waals surface area contributed by atoms with Gasteiger partial charge in [-0.3, -0.25) is 0 Å². The molecule has 2 heterocycles. The van der Waals surface area contributed by atoms with Gasteiger partial charge in [0.15, 0.2) is 5.82 Å². The summed E-state index contributed by atoms with van der Waals surface area (Å²) in [7, 11) is -0.768. The summed E-state index contributed by atoms with van der Waals surface area (Å²) >= 11 is 0. The molecule has 2 aromatic carbocycles. The number of methoxy groups -OCH3 is 2. The molecule has 0 bridgehead atoms. The van der Waals surface area contributed by atoms with Crippen LogP contribution in [0.25, 0.3) is 11.5 Å². The first kappa shape index (κ1) is 21.3. The van der Waals surface area contributed by atoms with Crippen molar-refractivity contribution in [3.8, 4) is 23.0 Å². The molecule has 0 aliphatic carbocycles. The second-order valence-electron chi connectivity index (χ2n) is 7.52. The molecule has 3 aromatic rings. The average Bonchev–Trinajstić information content (AvgIpc) is 3.29. The molecule has 0 atom stereocenters. The Balaban J connectivity index is 1.49. The van der Waals surface area contributed by atoms with Crippen LogP contribution in [0, 0.1) is 6.92 Å². The van der Waals surface area contributed by atoms with Gasteiger partial charge in [-0.1, -0.05) is 22.9 Å². The van der Waals surface area contributed by atoms with Gasteiger partial charge < -0.3 is 14.0 Å². The van der Waals surface area contributed by atoms with Crippen LogP contribution >= 0.6 is 0 Å². The maximum absolute atomic E-state index is 13.2. The summed E-state index contributed by atoms with van der Waals surface area (Å²) in [5.41, 5.74) is 1.99. The van der Waals surface area contributed by atoms with Crippen LogP contribution in [0.4, 0.5) is 0 Å². The van der Waals surface area contributed by atoms with Crippen molar-refractivity contribution < 1.29 is 22.4 Å². The Bertz CT molecular complexity index is 1170. The first-order valence-corrected chi connectivity index (χ1v) is 11.5. The van der Waals surface area contributed by atoms with E-state index in [1.807, 2.05) is 31.2 Å². The van der Waals surface area contributed by atoms with Gasteiger partial charge in [0, 0.05) is 30.6 Å². The molecule has 164 valence electrons. The third-order valence-corrected chi connectivity index (χ3v) is 7.43. The quantitative estimate of drug-likeness (QED) is 0.574. The van der Waals surface area contributed by atoms with Crippen molar-refractivity contribution in [1.29, 1.82) is 0 Å². The minimum absolute atomic E-state index is 0.0426. The summed E-state index contributed by atoms with van der Waals surface area (Å²) in [6.45, 7) is 2.73. The van der Waals surface area contributed by atoms with Gasteiger partial charge in [0.05, 0.1) is 14.2 Å². The second-order valence-corrected chi connectivity index (χ2v) is 9.43. The highest BCUT2D eigenvalue weighted by Crippen LogP contribution is 2.34. The highest BCUT2D eigenvalue weighted by atomic mass is 32.2. The fraction of sp³-hybridized carbons (Fsp3) is 0.364. The van der Waals surface area contributed by atoms with Crippen molar-refractivity contribution in [3.63, 3.8) is 0 Å².